The van der Waals surface area contributed by atoms with Gasteiger partial charge in [0.15, 0.2) is 0 Å². The second-order valence-electron chi connectivity index (χ2n) is 5.23. The van der Waals surface area contributed by atoms with Crippen molar-refractivity contribution in [2.45, 2.75) is 32.4 Å². The average Bonchev–Trinajstić information content (AvgIpc) is 2.88. The minimum Gasteiger partial charge on any atom is -0.317 e. The monoisotopic (exact) mass is 358 g/mol. The minimum atomic E-state index is -4.52. The van der Waals surface area contributed by atoms with Gasteiger partial charge in [-0.25, -0.2) is 0 Å². The number of rotatable bonds is 4. The van der Waals surface area contributed by atoms with Crippen LogP contribution < -0.4 is 10.6 Å². The molecule has 5 nitrogen and oxygen atoms in total. The molecule has 2 rings (SSSR count). The number of amides is 1. The normalized spacial score (nSPS) is 17.6. The van der Waals surface area contributed by atoms with Crippen LogP contribution in [0.15, 0.2) is 0 Å². The molecule has 1 aromatic rings. The van der Waals surface area contributed by atoms with Crippen molar-refractivity contribution in [1.29, 1.82) is 0 Å². The van der Waals surface area contributed by atoms with Crippen LogP contribution in [0.4, 0.5) is 18.3 Å². The van der Waals surface area contributed by atoms with Gasteiger partial charge in [0.05, 0.1) is 0 Å². The van der Waals surface area contributed by atoms with E-state index in [2.05, 4.69) is 20.8 Å². The molecule has 2 heterocycles. The summed E-state index contributed by atoms with van der Waals surface area (Å²) in [5.41, 5.74) is 0. The summed E-state index contributed by atoms with van der Waals surface area (Å²) in [6.07, 6.45) is -2.20. The Balaban J connectivity index is 0.00000242. The van der Waals surface area contributed by atoms with Crippen LogP contribution in [-0.2, 0) is 11.0 Å². The van der Waals surface area contributed by atoms with Gasteiger partial charge in [0.25, 0.3) is 0 Å². The van der Waals surface area contributed by atoms with Crippen molar-refractivity contribution >= 4 is 34.8 Å². The highest BCUT2D eigenvalue weighted by Crippen LogP contribution is 2.33. The zero-order chi connectivity index (χ0) is 15.5. The highest BCUT2D eigenvalue weighted by molar-refractivity contribution is 7.15. The summed E-state index contributed by atoms with van der Waals surface area (Å²) in [6, 6.07) is 0. The quantitative estimate of drug-likeness (QED) is 0.868. The summed E-state index contributed by atoms with van der Waals surface area (Å²) in [6.45, 7) is 3.89. The summed E-state index contributed by atoms with van der Waals surface area (Å²) >= 11 is 0.342. The number of alkyl halides is 3. The van der Waals surface area contributed by atoms with Gasteiger partial charge in [0.1, 0.15) is 0 Å². The second-order valence-corrected chi connectivity index (χ2v) is 6.20. The van der Waals surface area contributed by atoms with E-state index in [9.17, 15) is 18.0 Å². The molecule has 1 unspecified atom stereocenters. The first-order chi connectivity index (χ1) is 9.86. The first-order valence-electron chi connectivity index (χ1n) is 6.77. The number of hydrogen-bond acceptors (Lipinski definition) is 5. The van der Waals surface area contributed by atoms with Crippen molar-refractivity contribution in [3.05, 3.63) is 5.01 Å². The molecule has 0 saturated carbocycles. The van der Waals surface area contributed by atoms with Crippen molar-refractivity contribution in [1.82, 2.24) is 15.5 Å². The lowest BCUT2D eigenvalue weighted by Crippen LogP contribution is -2.32. The number of nitrogens with one attached hydrogen (secondary N) is 2. The van der Waals surface area contributed by atoms with E-state index in [-0.39, 0.29) is 35.8 Å². The van der Waals surface area contributed by atoms with Crippen molar-refractivity contribution in [3.63, 3.8) is 0 Å². The molecule has 0 bridgehead atoms. The highest BCUT2D eigenvalue weighted by Gasteiger charge is 2.35. The van der Waals surface area contributed by atoms with Gasteiger partial charge in [0, 0.05) is 6.42 Å². The average molecular weight is 359 g/mol. The first-order valence-corrected chi connectivity index (χ1v) is 7.59. The molecule has 1 aliphatic heterocycles. The Bertz CT molecular complexity index is 491. The fourth-order valence-corrected chi connectivity index (χ4v) is 3.06. The predicted molar refractivity (Wildman–Crippen MR) is 80.2 cm³/mol. The molecule has 1 amide bonds. The molecule has 0 spiro atoms. The van der Waals surface area contributed by atoms with Crippen molar-refractivity contribution in [2.24, 2.45) is 11.8 Å². The van der Waals surface area contributed by atoms with Crippen LogP contribution in [-0.4, -0.2) is 29.2 Å². The van der Waals surface area contributed by atoms with Crippen LogP contribution in [0, 0.1) is 11.8 Å². The van der Waals surface area contributed by atoms with E-state index in [0.717, 1.165) is 25.9 Å². The van der Waals surface area contributed by atoms with E-state index in [0.29, 0.717) is 17.3 Å². The number of anilines is 1. The largest absolute Gasteiger partial charge is 0.445 e. The lowest BCUT2D eigenvalue weighted by Gasteiger charge is -2.27. The Morgan fingerprint density at radius 2 is 2.05 bits per heavy atom. The van der Waals surface area contributed by atoms with E-state index in [1.165, 1.54) is 0 Å². The summed E-state index contributed by atoms with van der Waals surface area (Å²) in [7, 11) is 0. The molecule has 1 fully saturated rings. The Hall–Kier alpha value is -0.930. The maximum atomic E-state index is 12.4. The van der Waals surface area contributed by atoms with Crippen molar-refractivity contribution < 1.29 is 18.0 Å². The zero-order valence-electron chi connectivity index (χ0n) is 11.9. The Morgan fingerprint density at radius 3 is 2.59 bits per heavy atom. The molecular formula is C12H18ClF3N4OS. The maximum Gasteiger partial charge on any atom is 0.445 e. The lowest BCUT2D eigenvalue weighted by atomic mass is 9.84. The summed E-state index contributed by atoms with van der Waals surface area (Å²) < 4.78 is 37.1. The molecule has 1 aromatic heterocycles. The molecule has 0 aromatic carbocycles. The number of aromatic nitrogens is 2. The van der Waals surface area contributed by atoms with Crippen LogP contribution in [0.25, 0.3) is 0 Å². The van der Waals surface area contributed by atoms with Crippen LogP contribution in [0.3, 0.4) is 0 Å². The summed E-state index contributed by atoms with van der Waals surface area (Å²) in [5, 5.41) is 10.9. The number of halogens is 4. The molecule has 1 saturated heterocycles. The molecule has 2 N–H and O–H groups in total. The molecule has 0 radical (unpaired) electrons. The fraction of sp³-hybridized carbons (Fsp3) is 0.750. The Morgan fingerprint density at radius 1 is 1.41 bits per heavy atom. The van der Waals surface area contributed by atoms with Crippen LogP contribution in [0.5, 0.6) is 0 Å². The van der Waals surface area contributed by atoms with Gasteiger partial charge in [-0.2, -0.15) is 13.2 Å². The lowest BCUT2D eigenvalue weighted by molar-refractivity contribution is -0.138. The number of nitrogens with zero attached hydrogens (tertiary/aromatic N) is 2. The van der Waals surface area contributed by atoms with Gasteiger partial charge in [-0.3, -0.25) is 4.79 Å². The zero-order valence-corrected chi connectivity index (χ0v) is 13.6. The number of carbonyl (C=O) groups is 1. The van der Waals surface area contributed by atoms with Gasteiger partial charge in [0.2, 0.25) is 16.0 Å². The van der Waals surface area contributed by atoms with E-state index < -0.39 is 11.2 Å². The third kappa shape index (κ3) is 5.36. The maximum absolute atomic E-state index is 12.4. The standard InChI is InChI=1S/C12H17F3N4OS.ClH/c1-7(8-2-4-16-5-3-8)6-9(20)17-11-19-18-10(21-11)12(13,14)15;/h7-8,16H,2-6H2,1H3,(H,17,19,20);1H. The molecular weight excluding hydrogens is 341 g/mol. The number of piperidine rings is 1. The summed E-state index contributed by atoms with van der Waals surface area (Å²) in [4.78, 5) is 11.9. The molecule has 126 valence electrons. The molecule has 10 heteroatoms. The minimum absolute atomic E-state index is 0. The number of carbonyl (C=O) groups excluding carboxylic acids is 1. The van der Waals surface area contributed by atoms with Crippen LogP contribution >= 0.6 is 23.7 Å². The van der Waals surface area contributed by atoms with Gasteiger partial charge in [-0.15, -0.1) is 22.6 Å². The van der Waals surface area contributed by atoms with Crippen molar-refractivity contribution in [3.8, 4) is 0 Å². The Labute approximate surface area is 136 Å². The van der Waals surface area contributed by atoms with Gasteiger partial charge in [-0.05, 0) is 37.8 Å². The third-order valence-electron chi connectivity index (χ3n) is 3.61. The predicted octanol–water partition coefficient (Wildman–Crippen LogP) is 2.94. The number of hydrogen-bond donors (Lipinski definition) is 2. The van der Waals surface area contributed by atoms with E-state index in [1.807, 2.05) is 6.92 Å². The van der Waals surface area contributed by atoms with Crippen LogP contribution in [0.2, 0.25) is 0 Å². The first kappa shape index (κ1) is 19.1. The summed E-state index contributed by atoms with van der Waals surface area (Å²) in [5.74, 6) is 0.352. The van der Waals surface area contributed by atoms with Gasteiger partial charge < -0.3 is 10.6 Å². The molecule has 1 atom stereocenters. The molecule has 22 heavy (non-hydrogen) atoms. The van der Waals surface area contributed by atoms with Gasteiger partial charge >= 0.3 is 6.18 Å². The molecule has 1 aliphatic rings. The van der Waals surface area contributed by atoms with Crippen LogP contribution in [0.1, 0.15) is 31.2 Å². The smallest absolute Gasteiger partial charge is 0.317 e. The SMILES string of the molecule is CC(CC(=O)Nc1nnc(C(F)(F)F)s1)C1CCNCC1.Cl. The fourth-order valence-electron chi connectivity index (χ4n) is 2.43. The van der Waals surface area contributed by atoms with E-state index >= 15 is 0 Å². The topological polar surface area (TPSA) is 66.9 Å². The third-order valence-corrected chi connectivity index (χ3v) is 4.49. The van der Waals surface area contributed by atoms with Gasteiger partial charge in [-0.1, -0.05) is 18.3 Å². The van der Waals surface area contributed by atoms with Crippen molar-refractivity contribution in [2.75, 3.05) is 18.4 Å². The second kappa shape index (κ2) is 8.07. The highest BCUT2D eigenvalue weighted by atomic mass is 35.5. The van der Waals surface area contributed by atoms with E-state index in [4.69, 9.17) is 0 Å². The Kier molecular flexibility index (Phi) is 7.01. The molecule has 0 aliphatic carbocycles. The van der Waals surface area contributed by atoms with E-state index in [1.54, 1.807) is 0 Å².